The average molecular weight is 438 g/mol. The minimum atomic E-state index is 0.488. The molecule has 0 heterocycles. The van der Waals surface area contributed by atoms with Gasteiger partial charge in [0.05, 0.1) is 12.2 Å². The fraction of sp³-hybridized carbons (Fsp3) is 1.00. The first-order chi connectivity index (χ1) is 7.28. The molecule has 0 aromatic rings. The van der Waals surface area contributed by atoms with Crippen LogP contribution in [0.5, 0.6) is 0 Å². The monoisotopic (exact) mass is 438 g/mol. The van der Waals surface area contributed by atoms with Crippen molar-refractivity contribution in [2.45, 2.75) is 64.6 Å². The molecule has 0 rings (SSSR count). The summed E-state index contributed by atoms with van der Waals surface area (Å²) in [4.78, 5) is 0. The lowest BCUT2D eigenvalue weighted by Crippen LogP contribution is -2.24. The Morgan fingerprint density at radius 3 is 1.53 bits per heavy atom. The van der Waals surface area contributed by atoms with Crippen LogP contribution in [0.2, 0.25) is 0 Å². The topological polar surface area (TPSA) is 9.23 Å². The predicted octanol–water partition coefficient (Wildman–Crippen LogP) is 4.99. The van der Waals surface area contributed by atoms with Crippen molar-refractivity contribution < 1.29 is 4.74 Å². The van der Waals surface area contributed by atoms with Crippen LogP contribution in [0.25, 0.3) is 0 Å². The molecule has 1 nitrogen and oxygen atoms in total. The number of rotatable bonds is 10. The van der Waals surface area contributed by atoms with Gasteiger partial charge in [-0.05, 0) is 12.8 Å². The average Bonchev–Trinajstić information content (AvgIpc) is 2.28. The van der Waals surface area contributed by atoms with E-state index in [1.54, 1.807) is 0 Å². The highest BCUT2D eigenvalue weighted by atomic mass is 127. The molecule has 0 aromatic carbocycles. The third kappa shape index (κ3) is 9.15. The molecular formula is C12H24I2O. The van der Waals surface area contributed by atoms with Crippen molar-refractivity contribution in [1.82, 2.24) is 0 Å². The van der Waals surface area contributed by atoms with Gasteiger partial charge < -0.3 is 4.74 Å². The zero-order valence-electron chi connectivity index (χ0n) is 9.98. The molecule has 0 spiro atoms. The van der Waals surface area contributed by atoms with Crippen molar-refractivity contribution in [3.05, 3.63) is 0 Å². The van der Waals surface area contributed by atoms with E-state index < -0.39 is 0 Å². The Morgan fingerprint density at radius 2 is 1.27 bits per heavy atom. The van der Waals surface area contributed by atoms with E-state index in [4.69, 9.17) is 4.74 Å². The summed E-state index contributed by atoms with van der Waals surface area (Å²) < 4.78 is 8.41. The van der Waals surface area contributed by atoms with Crippen molar-refractivity contribution in [1.29, 1.82) is 0 Å². The van der Waals surface area contributed by atoms with Crippen molar-refractivity contribution >= 4 is 45.2 Å². The number of hydrogen-bond donors (Lipinski definition) is 0. The molecule has 0 saturated carbocycles. The van der Waals surface area contributed by atoms with Crippen LogP contribution in [-0.2, 0) is 4.74 Å². The Morgan fingerprint density at radius 1 is 0.867 bits per heavy atom. The van der Waals surface area contributed by atoms with E-state index in [0.717, 1.165) is 8.86 Å². The SMILES string of the molecule is CCCCC(CI)OC(CI)CCCC. The summed E-state index contributed by atoms with van der Waals surface area (Å²) in [5, 5.41) is 0. The molecule has 0 N–H and O–H groups in total. The minimum Gasteiger partial charge on any atom is -0.373 e. The van der Waals surface area contributed by atoms with E-state index in [9.17, 15) is 0 Å². The molecule has 0 saturated heterocycles. The van der Waals surface area contributed by atoms with E-state index in [1.807, 2.05) is 0 Å². The highest BCUT2D eigenvalue weighted by molar-refractivity contribution is 14.1. The van der Waals surface area contributed by atoms with E-state index in [-0.39, 0.29) is 0 Å². The van der Waals surface area contributed by atoms with Gasteiger partial charge in [0, 0.05) is 8.86 Å². The number of unbranched alkanes of at least 4 members (excludes halogenated alkanes) is 2. The van der Waals surface area contributed by atoms with Crippen LogP contribution in [0.4, 0.5) is 0 Å². The van der Waals surface area contributed by atoms with Gasteiger partial charge in [-0.1, -0.05) is 84.7 Å². The van der Waals surface area contributed by atoms with Gasteiger partial charge in [0.2, 0.25) is 0 Å². The molecule has 92 valence electrons. The van der Waals surface area contributed by atoms with Gasteiger partial charge in [0.25, 0.3) is 0 Å². The number of ether oxygens (including phenoxy) is 1. The normalized spacial score (nSPS) is 15.2. The maximum atomic E-state index is 6.14. The molecule has 0 aliphatic carbocycles. The van der Waals surface area contributed by atoms with Gasteiger partial charge in [-0.25, -0.2) is 0 Å². The molecule has 0 radical (unpaired) electrons. The molecule has 2 unspecified atom stereocenters. The van der Waals surface area contributed by atoms with Crippen molar-refractivity contribution in [3.63, 3.8) is 0 Å². The molecule has 15 heavy (non-hydrogen) atoms. The largest absolute Gasteiger partial charge is 0.373 e. The Balaban J connectivity index is 3.77. The van der Waals surface area contributed by atoms with E-state index >= 15 is 0 Å². The third-order valence-electron chi connectivity index (χ3n) is 2.49. The quantitative estimate of drug-likeness (QED) is 0.345. The van der Waals surface area contributed by atoms with Crippen LogP contribution in [-0.4, -0.2) is 21.1 Å². The van der Waals surface area contributed by atoms with Crippen LogP contribution < -0.4 is 0 Å². The standard InChI is InChI=1S/C12H24I2O/c1-3-5-7-11(9-13)15-12(10-14)8-6-4-2/h11-12H,3-10H2,1-2H3. The number of hydrogen-bond acceptors (Lipinski definition) is 1. The third-order valence-corrected chi connectivity index (χ3v) is 4.45. The van der Waals surface area contributed by atoms with Crippen molar-refractivity contribution in [2.24, 2.45) is 0 Å². The summed E-state index contributed by atoms with van der Waals surface area (Å²) in [7, 11) is 0. The molecule has 3 heteroatoms. The summed E-state index contributed by atoms with van der Waals surface area (Å²) >= 11 is 4.90. The Hall–Kier alpha value is 1.42. The summed E-state index contributed by atoms with van der Waals surface area (Å²) in [5.41, 5.74) is 0. The fourth-order valence-corrected chi connectivity index (χ4v) is 2.79. The molecule has 0 amide bonds. The Bertz CT molecular complexity index is 117. The molecular weight excluding hydrogens is 414 g/mol. The second-order valence-electron chi connectivity index (χ2n) is 3.97. The van der Waals surface area contributed by atoms with Crippen LogP contribution >= 0.6 is 45.2 Å². The van der Waals surface area contributed by atoms with Gasteiger partial charge in [-0.15, -0.1) is 0 Å². The lowest BCUT2D eigenvalue weighted by atomic mass is 10.1. The maximum Gasteiger partial charge on any atom is 0.0668 e. The van der Waals surface area contributed by atoms with Gasteiger partial charge in [-0.2, -0.15) is 0 Å². The van der Waals surface area contributed by atoms with Crippen LogP contribution in [0.3, 0.4) is 0 Å². The fourth-order valence-electron chi connectivity index (χ4n) is 1.50. The highest BCUT2D eigenvalue weighted by Crippen LogP contribution is 2.15. The Labute approximate surface area is 122 Å². The van der Waals surface area contributed by atoms with Crippen LogP contribution in [0.15, 0.2) is 0 Å². The molecule has 0 aliphatic heterocycles. The van der Waals surface area contributed by atoms with Crippen LogP contribution in [0, 0.1) is 0 Å². The summed E-state index contributed by atoms with van der Waals surface area (Å²) in [6.07, 6.45) is 8.60. The number of halogens is 2. The Kier molecular flexibility index (Phi) is 13.0. The van der Waals surface area contributed by atoms with Gasteiger partial charge in [-0.3, -0.25) is 0 Å². The van der Waals surface area contributed by atoms with E-state index in [0.29, 0.717) is 12.2 Å². The second kappa shape index (κ2) is 11.9. The van der Waals surface area contributed by atoms with Gasteiger partial charge in [0.15, 0.2) is 0 Å². The molecule has 0 aromatic heterocycles. The molecule has 2 atom stereocenters. The van der Waals surface area contributed by atoms with E-state index in [2.05, 4.69) is 59.0 Å². The maximum absolute atomic E-state index is 6.14. The first-order valence-corrected chi connectivity index (χ1v) is 9.10. The van der Waals surface area contributed by atoms with Crippen molar-refractivity contribution in [3.8, 4) is 0 Å². The van der Waals surface area contributed by atoms with Gasteiger partial charge >= 0.3 is 0 Å². The number of alkyl halides is 2. The van der Waals surface area contributed by atoms with Gasteiger partial charge in [0.1, 0.15) is 0 Å². The van der Waals surface area contributed by atoms with Crippen molar-refractivity contribution in [2.75, 3.05) is 8.86 Å². The zero-order valence-corrected chi connectivity index (χ0v) is 14.3. The molecule has 0 fully saturated rings. The first kappa shape index (κ1) is 16.4. The smallest absolute Gasteiger partial charge is 0.0668 e. The summed E-state index contributed by atoms with van der Waals surface area (Å²) in [6.45, 7) is 4.49. The molecule has 0 bridgehead atoms. The molecule has 0 aliphatic rings. The minimum absolute atomic E-state index is 0.488. The lowest BCUT2D eigenvalue weighted by molar-refractivity contribution is 0.00647. The first-order valence-electron chi connectivity index (χ1n) is 6.05. The highest BCUT2D eigenvalue weighted by Gasteiger charge is 2.14. The lowest BCUT2D eigenvalue weighted by Gasteiger charge is -2.22. The zero-order chi connectivity index (χ0) is 11.5. The summed E-state index contributed by atoms with van der Waals surface area (Å²) in [5.74, 6) is 0. The second-order valence-corrected chi connectivity index (χ2v) is 5.73. The predicted molar refractivity (Wildman–Crippen MR) is 85.5 cm³/mol. The van der Waals surface area contributed by atoms with E-state index in [1.165, 1.54) is 38.5 Å². The summed E-state index contributed by atoms with van der Waals surface area (Å²) in [6, 6.07) is 0. The van der Waals surface area contributed by atoms with Crippen LogP contribution in [0.1, 0.15) is 52.4 Å².